The summed E-state index contributed by atoms with van der Waals surface area (Å²) in [6.07, 6.45) is 0. The number of carbonyl (C=O) groups excluding carboxylic acids is 2. The molecule has 0 fully saturated rings. The third kappa shape index (κ3) is 4.72. The highest BCUT2D eigenvalue weighted by atomic mass is 16.2. The van der Waals surface area contributed by atoms with Crippen molar-refractivity contribution in [2.45, 2.75) is 26.9 Å². The molecule has 0 heterocycles. The van der Waals surface area contributed by atoms with Gasteiger partial charge in [0.2, 0.25) is 11.8 Å². The number of carbonyl (C=O) groups is 2. The lowest BCUT2D eigenvalue weighted by atomic mass is 10.1. The summed E-state index contributed by atoms with van der Waals surface area (Å²) in [7, 11) is 0. The molecule has 4 heteroatoms. The Labute approximate surface area is 119 Å². The van der Waals surface area contributed by atoms with Crippen LogP contribution in [-0.4, -0.2) is 11.8 Å². The molecule has 0 aliphatic carbocycles. The van der Waals surface area contributed by atoms with E-state index in [4.69, 9.17) is 0 Å². The van der Waals surface area contributed by atoms with Crippen molar-refractivity contribution < 1.29 is 9.59 Å². The van der Waals surface area contributed by atoms with Crippen LogP contribution in [0.5, 0.6) is 0 Å². The van der Waals surface area contributed by atoms with Crippen molar-refractivity contribution in [3.63, 3.8) is 0 Å². The molecule has 20 heavy (non-hydrogen) atoms. The zero-order chi connectivity index (χ0) is 15.1. The second-order valence-corrected chi connectivity index (χ2v) is 4.69. The monoisotopic (exact) mass is 272 g/mol. The molecule has 2 amide bonds. The van der Waals surface area contributed by atoms with Crippen LogP contribution in [0, 0.1) is 0 Å². The molecule has 106 valence electrons. The van der Waals surface area contributed by atoms with Crippen LogP contribution in [0.1, 0.15) is 25.0 Å². The van der Waals surface area contributed by atoms with E-state index in [0.717, 1.165) is 11.1 Å². The van der Waals surface area contributed by atoms with E-state index in [1.165, 1.54) is 0 Å². The largest absolute Gasteiger partial charge is 0.348 e. The molecule has 1 aromatic carbocycles. The molecule has 1 aromatic rings. The van der Waals surface area contributed by atoms with Crippen molar-refractivity contribution in [3.05, 3.63) is 59.7 Å². The van der Waals surface area contributed by atoms with E-state index in [9.17, 15) is 9.59 Å². The maximum atomic E-state index is 11.5. The highest BCUT2D eigenvalue weighted by Crippen LogP contribution is 2.09. The predicted octanol–water partition coefficient (Wildman–Crippen LogP) is 2.07. The van der Waals surface area contributed by atoms with Crippen molar-refractivity contribution in [1.29, 1.82) is 0 Å². The molecule has 0 saturated heterocycles. The highest BCUT2D eigenvalue weighted by molar-refractivity contribution is 5.92. The normalized spacial score (nSPS) is 9.70. The second kappa shape index (κ2) is 7.28. The molecule has 0 saturated carbocycles. The van der Waals surface area contributed by atoms with Crippen LogP contribution in [0.3, 0.4) is 0 Å². The van der Waals surface area contributed by atoms with Gasteiger partial charge in [-0.1, -0.05) is 37.4 Å². The van der Waals surface area contributed by atoms with E-state index in [1.807, 2.05) is 24.3 Å². The highest BCUT2D eigenvalue weighted by Gasteiger charge is 2.07. The van der Waals surface area contributed by atoms with Gasteiger partial charge in [0.15, 0.2) is 0 Å². The van der Waals surface area contributed by atoms with Gasteiger partial charge in [-0.15, -0.1) is 0 Å². The van der Waals surface area contributed by atoms with Crippen LogP contribution >= 0.6 is 0 Å². The molecule has 4 nitrogen and oxygen atoms in total. The maximum Gasteiger partial charge on any atom is 0.246 e. The van der Waals surface area contributed by atoms with Gasteiger partial charge in [-0.25, -0.2) is 0 Å². The topological polar surface area (TPSA) is 58.2 Å². The van der Waals surface area contributed by atoms with Crippen LogP contribution in [0.2, 0.25) is 0 Å². The smallest absolute Gasteiger partial charge is 0.246 e. The van der Waals surface area contributed by atoms with Gasteiger partial charge in [0.05, 0.1) is 0 Å². The van der Waals surface area contributed by atoms with Crippen LogP contribution in [0.25, 0.3) is 0 Å². The lowest BCUT2D eigenvalue weighted by Gasteiger charge is -2.11. The predicted molar refractivity (Wildman–Crippen MR) is 79.8 cm³/mol. The molecule has 0 unspecified atom stereocenters. The quantitative estimate of drug-likeness (QED) is 0.779. The Bertz CT molecular complexity index is 498. The van der Waals surface area contributed by atoms with E-state index >= 15 is 0 Å². The van der Waals surface area contributed by atoms with E-state index in [-0.39, 0.29) is 11.8 Å². The summed E-state index contributed by atoms with van der Waals surface area (Å²) in [5.74, 6) is -0.350. The van der Waals surface area contributed by atoms with Crippen molar-refractivity contribution in [2.75, 3.05) is 0 Å². The van der Waals surface area contributed by atoms with E-state index < -0.39 is 0 Å². The number of benzene rings is 1. The Balaban J connectivity index is 2.68. The molecule has 0 bridgehead atoms. The van der Waals surface area contributed by atoms with Crippen molar-refractivity contribution >= 4 is 11.8 Å². The number of hydrogen-bond donors (Lipinski definition) is 2. The minimum Gasteiger partial charge on any atom is -0.348 e. The molecular formula is C16H20N2O2. The van der Waals surface area contributed by atoms with Gasteiger partial charge in [-0.2, -0.15) is 0 Å². The Hall–Kier alpha value is -2.36. The number of amides is 2. The molecule has 0 aromatic heterocycles. The summed E-state index contributed by atoms with van der Waals surface area (Å²) in [6, 6.07) is 7.63. The maximum absolute atomic E-state index is 11.5. The molecule has 0 aliphatic rings. The van der Waals surface area contributed by atoms with E-state index in [2.05, 4.69) is 23.8 Å². The lowest BCUT2D eigenvalue weighted by molar-refractivity contribution is -0.118. The summed E-state index contributed by atoms with van der Waals surface area (Å²) in [4.78, 5) is 23.0. The van der Waals surface area contributed by atoms with Gasteiger partial charge in [-0.3, -0.25) is 9.59 Å². The molecule has 0 aliphatic heterocycles. The SMILES string of the molecule is C=C(C)C(=O)NCc1ccccc1CNC(=O)C(=C)C. The standard InChI is InChI=1S/C16H20N2O2/c1-11(2)15(19)17-9-13-7-5-6-8-14(13)10-18-16(20)12(3)4/h5-8H,1,3,9-10H2,2,4H3,(H,17,19)(H,18,20). The van der Waals surface area contributed by atoms with Gasteiger partial charge < -0.3 is 10.6 Å². The first-order chi connectivity index (χ1) is 9.41. The molecule has 0 spiro atoms. The summed E-state index contributed by atoms with van der Waals surface area (Å²) in [5, 5.41) is 5.56. The zero-order valence-corrected chi connectivity index (χ0v) is 12.0. The summed E-state index contributed by atoms with van der Waals surface area (Å²) in [5.41, 5.74) is 2.87. The van der Waals surface area contributed by atoms with Gasteiger partial charge in [0, 0.05) is 24.2 Å². The second-order valence-electron chi connectivity index (χ2n) is 4.69. The summed E-state index contributed by atoms with van der Waals surface area (Å²) in [6.45, 7) is 11.3. The fourth-order valence-electron chi connectivity index (χ4n) is 1.56. The Kier molecular flexibility index (Phi) is 5.72. The summed E-state index contributed by atoms with van der Waals surface area (Å²) >= 11 is 0. The van der Waals surface area contributed by atoms with Crippen molar-refractivity contribution in [1.82, 2.24) is 10.6 Å². The van der Waals surface area contributed by atoms with Crippen LogP contribution in [0.15, 0.2) is 48.6 Å². The minimum atomic E-state index is -0.175. The van der Waals surface area contributed by atoms with Crippen LogP contribution in [0.4, 0.5) is 0 Å². The van der Waals surface area contributed by atoms with Crippen LogP contribution < -0.4 is 10.6 Å². The molecule has 0 atom stereocenters. The first kappa shape index (κ1) is 15.7. The lowest BCUT2D eigenvalue weighted by Crippen LogP contribution is -2.26. The molecular weight excluding hydrogens is 252 g/mol. The van der Waals surface area contributed by atoms with E-state index in [0.29, 0.717) is 24.2 Å². The molecule has 0 radical (unpaired) electrons. The first-order valence-electron chi connectivity index (χ1n) is 6.36. The third-order valence-corrected chi connectivity index (χ3v) is 2.77. The average molecular weight is 272 g/mol. The fraction of sp³-hybridized carbons (Fsp3) is 0.250. The number of rotatable bonds is 6. The van der Waals surface area contributed by atoms with E-state index in [1.54, 1.807) is 13.8 Å². The number of nitrogens with one attached hydrogen (secondary N) is 2. The zero-order valence-electron chi connectivity index (χ0n) is 12.0. The first-order valence-corrected chi connectivity index (χ1v) is 6.36. The third-order valence-electron chi connectivity index (χ3n) is 2.77. The van der Waals surface area contributed by atoms with Crippen LogP contribution in [-0.2, 0) is 22.7 Å². The van der Waals surface area contributed by atoms with Crippen molar-refractivity contribution in [2.24, 2.45) is 0 Å². The Morgan fingerprint density at radius 1 is 0.900 bits per heavy atom. The van der Waals surface area contributed by atoms with Gasteiger partial charge in [0.25, 0.3) is 0 Å². The molecule has 1 rings (SSSR count). The number of hydrogen-bond acceptors (Lipinski definition) is 2. The Morgan fingerprint density at radius 2 is 1.25 bits per heavy atom. The van der Waals surface area contributed by atoms with Crippen molar-refractivity contribution in [3.8, 4) is 0 Å². The Morgan fingerprint density at radius 3 is 1.55 bits per heavy atom. The summed E-state index contributed by atoms with van der Waals surface area (Å²) < 4.78 is 0. The van der Waals surface area contributed by atoms with Gasteiger partial charge >= 0.3 is 0 Å². The molecule has 2 N–H and O–H groups in total. The fourth-order valence-corrected chi connectivity index (χ4v) is 1.56. The average Bonchev–Trinajstić information content (AvgIpc) is 2.42. The van der Waals surface area contributed by atoms with Gasteiger partial charge in [-0.05, 0) is 25.0 Å². The minimum absolute atomic E-state index is 0.175. The van der Waals surface area contributed by atoms with Gasteiger partial charge in [0.1, 0.15) is 0 Å².